The zero-order chi connectivity index (χ0) is 9.61. The molecular formula is C6H13NO4S. The number of hydrogen-bond acceptors (Lipinski definition) is 4. The Bertz CT molecular complexity index is 234. The van der Waals surface area contributed by atoms with Crippen LogP contribution in [0.4, 0.5) is 0 Å². The van der Waals surface area contributed by atoms with Crippen molar-refractivity contribution in [2.75, 3.05) is 0 Å². The van der Waals surface area contributed by atoms with Gasteiger partial charge in [-0.1, -0.05) is 19.8 Å². The molecule has 0 heterocycles. The molecule has 0 aliphatic heterocycles. The van der Waals surface area contributed by atoms with Crippen LogP contribution in [0.3, 0.4) is 0 Å². The summed E-state index contributed by atoms with van der Waals surface area (Å²) < 4.78 is 24.3. The second-order valence-corrected chi connectivity index (χ2v) is 3.56. The van der Waals surface area contributed by atoms with Crippen molar-refractivity contribution in [1.29, 1.82) is 0 Å². The first kappa shape index (κ1) is 11.4. The molecule has 0 aromatic rings. The van der Waals surface area contributed by atoms with Crippen LogP contribution in [0.15, 0.2) is 0 Å². The third kappa shape index (κ3) is 7.49. The third-order valence-corrected chi connectivity index (χ3v) is 1.61. The highest BCUT2D eigenvalue weighted by atomic mass is 32.2. The molecular weight excluding hydrogens is 182 g/mol. The fraction of sp³-hybridized carbons (Fsp3) is 0.833. The Morgan fingerprint density at radius 2 is 2.00 bits per heavy atom. The van der Waals surface area contributed by atoms with Gasteiger partial charge < -0.3 is 4.18 Å². The lowest BCUT2D eigenvalue weighted by atomic mass is 10.2. The fourth-order valence-electron chi connectivity index (χ4n) is 0.691. The zero-order valence-corrected chi connectivity index (χ0v) is 7.76. The molecule has 0 atom stereocenters. The van der Waals surface area contributed by atoms with Crippen molar-refractivity contribution in [3.8, 4) is 0 Å². The van der Waals surface area contributed by atoms with Gasteiger partial charge in [0, 0.05) is 6.42 Å². The average molecular weight is 195 g/mol. The molecule has 0 rings (SSSR count). The lowest BCUT2D eigenvalue weighted by Gasteiger charge is -1.99. The molecule has 0 aromatic carbocycles. The first-order valence-electron chi connectivity index (χ1n) is 3.70. The zero-order valence-electron chi connectivity index (χ0n) is 6.95. The van der Waals surface area contributed by atoms with E-state index in [0.717, 1.165) is 12.8 Å². The highest BCUT2D eigenvalue weighted by molar-refractivity contribution is 7.84. The largest absolute Gasteiger partial charge is 0.382 e. The second-order valence-electron chi connectivity index (χ2n) is 2.41. The molecule has 0 aliphatic rings. The summed E-state index contributed by atoms with van der Waals surface area (Å²) in [6.07, 6.45) is 2.57. The molecule has 6 heteroatoms. The smallest absolute Gasteiger partial charge is 0.334 e. The molecule has 0 aromatic heterocycles. The van der Waals surface area contributed by atoms with Gasteiger partial charge >= 0.3 is 16.3 Å². The van der Waals surface area contributed by atoms with Gasteiger partial charge in [0.1, 0.15) is 0 Å². The fourth-order valence-corrected chi connectivity index (χ4v) is 1.03. The van der Waals surface area contributed by atoms with Gasteiger partial charge in [0.25, 0.3) is 0 Å². The van der Waals surface area contributed by atoms with Crippen molar-refractivity contribution in [3.63, 3.8) is 0 Å². The predicted octanol–water partition coefficient (Wildman–Crippen LogP) is 0.313. The summed E-state index contributed by atoms with van der Waals surface area (Å²) in [6.45, 7) is 1.98. The molecule has 0 aliphatic carbocycles. The van der Waals surface area contributed by atoms with Crippen LogP contribution < -0.4 is 5.14 Å². The lowest BCUT2D eigenvalue weighted by molar-refractivity contribution is -0.133. The van der Waals surface area contributed by atoms with Crippen LogP contribution in [0.1, 0.15) is 32.6 Å². The van der Waals surface area contributed by atoms with Crippen molar-refractivity contribution in [3.05, 3.63) is 0 Å². The van der Waals surface area contributed by atoms with Gasteiger partial charge in [0.2, 0.25) is 0 Å². The number of rotatable bonds is 5. The maximum absolute atomic E-state index is 10.7. The van der Waals surface area contributed by atoms with Crippen LogP contribution in [-0.2, 0) is 19.3 Å². The van der Waals surface area contributed by atoms with Gasteiger partial charge in [-0.05, 0) is 6.42 Å². The molecule has 0 unspecified atom stereocenters. The minimum absolute atomic E-state index is 0.101. The van der Waals surface area contributed by atoms with Crippen molar-refractivity contribution in [2.24, 2.45) is 5.14 Å². The van der Waals surface area contributed by atoms with Gasteiger partial charge in [-0.2, -0.15) is 13.6 Å². The Kier molecular flexibility index (Phi) is 4.84. The van der Waals surface area contributed by atoms with Crippen molar-refractivity contribution in [1.82, 2.24) is 0 Å². The second kappa shape index (κ2) is 5.10. The number of carbonyl (C=O) groups excluding carboxylic acids is 1. The van der Waals surface area contributed by atoms with E-state index in [1.807, 2.05) is 6.92 Å². The predicted molar refractivity (Wildman–Crippen MR) is 43.3 cm³/mol. The van der Waals surface area contributed by atoms with Crippen LogP contribution in [0.2, 0.25) is 0 Å². The Morgan fingerprint density at radius 3 is 2.42 bits per heavy atom. The monoisotopic (exact) mass is 195 g/mol. The molecule has 12 heavy (non-hydrogen) atoms. The molecule has 0 fully saturated rings. The maximum atomic E-state index is 10.7. The first-order chi connectivity index (χ1) is 5.45. The highest BCUT2D eigenvalue weighted by Gasteiger charge is 2.10. The van der Waals surface area contributed by atoms with E-state index in [1.165, 1.54) is 0 Å². The van der Waals surface area contributed by atoms with Crippen LogP contribution in [0.25, 0.3) is 0 Å². The Morgan fingerprint density at radius 1 is 1.42 bits per heavy atom. The third-order valence-electron chi connectivity index (χ3n) is 1.19. The van der Waals surface area contributed by atoms with Crippen molar-refractivity contribution < 1.29 is 17.4 Å². The summed E-state index contributed by atoms with van der Waals surface area (Å²) in [5.74, 6) is -0.786. The van der Waals surface area contributed by atoms with E-state index in [4.69, 9.17) is 0 Å². The summed E-state index contributed by atoms with van der Waals surface area (Å²) >= 11 is 0. The molecule has 0 saturated carbocycles. The SMILES string of the molecule is CCCCCC(=O)OS(N)(=O)=O. The van der Waals surface area contributed by atoms with Crippen LogP contribution >= 0.6 is 0 Å². The molecule has 0 saturated heterocycles. The number of carbonyl (C=O) groups is 1. The van der Waals surface area contributed by atoms with Gasteiger partial charge in [-0.15, -0.1) is 0 Å². The Labute approximate surface area is 72.1 Å². The lowest BCUT2D eigenvalue weighted by Crippen LogP contribution is -2.20. The number of unbranched alkanes of at least 4 members (excludes halogenated alkanes) is 2. The molecule has 0 spiro atoms. The van der Waals surface area contributed by atoms with Gasteiger partial charge in [-0.25, -0.2) is 0 Å². The summed E-state index contributed by atoms with van der Waals surface area (Å²) in [5, 5.41) is 4.47. The highest BCUT2D eigenvalue weighted by Crippen LogP contribution is 2.01. The quantitative estimate of drug-likeness (QED) is 0.640. The molecule has 0 amide bonds. The van der Waals surface area contributed by atoms with Crippen molar-refractivity contribution >= 4 is 16.3 Å². The summed E-state index contributed by atoms with van der Waals surface area (Å²) in [7, 11) is -4.11. The summed E-state index contributed by atoms with van der Waals surface area (Å²) in [6, 6.07) is 0. The van der Waals surface area contributed by atoms with E-state index in [0.29, 0.717) is 6.42 Å². The van der Waals surface area contributed by atoms with E-state index >= 15 is 0 Å². The molecule has 5 nitrogen and oxygen atoms in total. The van der Waals surface area contributed by atoms with E-state index in [-0.39, 0.29) is 6.42 Å². The molecule has 72 valence electrons. The van der Waals surface area contributed by atoms with Crippen molar-refractivity contribution in [2.45, 2.75) is 32.6 Å². The maximum Gasteiger partial charge on any atom is 0.382 e. The van der Waals surface area contributed by atoms with Crippen LogP contribution in [0, 0.1) is 0 Å². The topological polar surface area (TPSA) is 86.5 Å². The number of hydrogen-bond donors (Lipinski definition) is 1. The van der Waals surface area contributed by atoms with Crippen LogP contribution in [0.5, 0.6) is 0 Å². The minimum Gasteiger partial charge on any atom is -0.334 e. The minimum atomic E-state index is -4.11. The summed E-state index contributed by atoms with van der Waals surface area (Å²) in [5.41, 5.74) is 0. The molecule has 0 radical (unpaired) electrons. The van der Waals surface area contributed by atoms with E-state index in [1.54, 1.807) is 0 Å². The Balaban J connectivity index is 3.62. The number of nitrogens with two attached hydrogens (primary N) is 1. The van der Waals surface area contributed by atoms with E-state index in [9.17, 15) is 13.2 Å². The van der Waals surface area contributed by atoms with Gasteiger partial charge in [0.15, 0.2) is 0 Å². The van der Waals surface area contributed by atoms with Gasteiger partial charge in [0.05, 0.1) is 0 Å². The first-order valence-corrected chi connectivity index (χ1v) is 5.18. The standard InChI is InChI=1S/C6H13NO4S/c1-2-3-4-5-6(8)11-12(7,9)10/h2-5H2,1H3,(H2,7,9,10). The average Bonchev–Trinajstić information content (AvgIpc) is 1.84. The molecule has 0 bridgehead atoms. The van der Waals surface area contributed by atoms with Crippen LogP contribution in [-0.4, -0.2) is 14.4 Å². The van der Waals surface area contributed by atoms with E-state index < -0.39 is 16.3 Å². The Hall–Kier alpha value is -0.620. The normalized spacial score (nSPS) is 11.2. The molecule has 2 N–H and O–H groups in total. The van der Waals surface area contributed by atoms with Gasteiger partial charge in [-0.3, -0.25) is 4.79 Å². The summed E-state index contributed by atoms with van der Waals surface area (Å²) in [4.78, 5) is 10.7. The van der Waals surface area contributed by atoms with E-state index in [2.05, 4.69) is 9.32 Å².